The van der Waals surface area contributed by atoms with Gasteiger partial charge in [0.05, 0.1) is 43.9 Å². The van der Waals surface area contributed by atoms with Crippen molar-refractivity contribution in [2.45, 2.75) is 76.2 Å². The van der Waals surface area contributed by atoms with Crippen molar-refractivity contribution in [1.82, 2.24) is 0 Å². The van der Waals surface area contributed by atoms with E-state index in [-0.39, 0.29) is 24.2 Å². The molecule has 2 aliphatic rings. The average molecular weight is 433 g/mol. The highest BCUT2D eigenvalue weighted by Crippen LogP contribution is 2.38. The third kappa shape index (κ3) is 5.19. The van der Waals surface area contributed by atoms with Crippen molar-refractivity contribution in [2.75, 3.05) is 6.61 Å². The summed E-state index contributed by atoms with van der Waals surface area (Å²) in [5.74, 6) is -0.463. The SMILES string of the molecule is C[C@H]1[C@H]([C@H](O)[C@@H](O)c2ccco2)O[C@H](CC2COC(C)(C)O2)[C@@H]1OCc1ccccc1. The first kappa shape index (κ1) is 22.5. The summed E-state index contributed by atoms with van der Waals surface area (Å²) in [7, 11) is 0. The fraction of sp³-hybridized carbons (Fsp3) is 0.583. The second-order valence-corrected chi connectivity index (χ2v) is 8.90. The number of hydrogen-bond acceptors (Lipinski definition) is 7. The van der Waals surface area contributed by atoms with Crippen LogP contribution in [0.1, 0.15) is 44.6 Å². The molecule has 1 aromatic heterocycles. The molecule has 2 saturated heterocycles. The van der Waals surface area contributed by atoms with Crippen LogP contribution in [0.3, 0.4) is 0 Å². The summed E-state index contributed by atoms with van der Waals surface area (Å²) in [6.45, 7) is 6.68. The first-order valence-corrected chi connectivity index (χ1v) is 10.9. The molecule has 0 aliphatic carbocycles. The van der Waals surface area contributed by atoms with Crippen molar-refractivity contribution >= 4 is 0 Å². The summed E-state index contributed by atoms with van der Waals surface area (Å²) in [4.78, 5) is 0. The molecule has 7 heteroatoms. The van der Waals surface area contributed by atoms with Gasteiger partial charge < -0.3 is 33.6 Å². The second kappa shape index (κ2) is 9.40. The highest BCUT2D eigenvalue weighted by atomic mass is 16.7. The molecule has 1 aromatic carbocycles. The maximum Gasteiger partial charge on any atom is 0.163 e. The maximum atomic E-state index is 10.9. The van der Waals surface area contributed by atoms with Crippen LogP contribution in [0.15, 0.2) is 53.1 Å². The van der Waals surface area contributed by atoms with Gasteiger partial charge in [-0.25, -0.2) is 0 Å². The number of ether oxygens (including phenoxy) is 4. The van der Waals surface area contributed by atoms with Gasteiger partial charge in [0, 0.05) is 12.3 Å². The Bertz CT molecular complexity index is 807. The van der Waals surface area contributed by atoms with Gasteiger partial charge in [0.25, 0.3) is 0 Å². The highest BCUT2D eigenvalue weighted by Gasteiger charge is 2.49. The van der Waals surface area contributed by atoms with Crippen LogP contribution in [-0.2, 0) is 25.6 Å². The third-order valence-electron chi connectivity index (χ3n) is 6.08. The van der Waals surface area contributed by atoms with E-state index in [0.717, 1.165) is 5.56 Å². The molecule has 2 aromatic rings. The van der Waals surface area contributed by atoms with Gasteiger partial charge >= 0.3 is 0 Å². The van der Waals surface area contributed by atoms with Crippen LogP contribution in [0, 0.1) is 5.92 Å². The minimum atomic E-state index is -1.18. The Balaban J connectivity index is 1.47. The van der Waals surface area contributed by atoms with Gasteiger partial charge in [-0.3, -0.25) is 0 Å². The fourth-order valence-corrected chi connectivity index (χ4v) is 4.48. The third-order valence-corrected chi connectivity index (χ3v) is 6.08. The average Bonchev–Trinajstić information content (AvgIpc) is 3.47. The molecule has 2 aliphatic heterocycles. The Morgan fingerprint density at radius 2 is 1.90 bits per heavy atom. The smallest absolute Gasteiger partial charge is 0.163 e. The van der Waals surface area contributed by atoms with Crippen LogP contribution in [0.5, 0.6) is 0 Å². The van der Waals surface area contributed by atoms with Crippen LogP contribution >= 0.6 is 0 Å². The summed E-state index contributed by atoms with van der Waals surface area (Å²) in [5, 5.41) is 21.5. The van der Waals surface area contributed by atoms with E-state index in [9.17, 15) is 10.2 Å². The Morgan fingerprint density at radius 1 is 1.13 bits per heavy atom. The van der Waals surface area contributed by atoms with Gasteiger partial charge in [-0.15, -0.1) is 0 Å². The van der Waals surface area contributed by atoms with Crippen LogP contribution in [0.2, 0.25) is 0 Å². The van der Waals surface area contributed by atoms with E-state index in [0.29, 0.717) is 25.4 Å². The molecule has 0 spiro atoms. The normalized spacial score (nSPS) is 32.2. The molecular formula is C24H32O7. The van der Waals surface area contributed by atoms with E-state index in [2.05, 4.69) is 0 Å². The summed E-state index contributed by atoms with van der Waals surface area (Å²) < 4.78 is 29.5. The van der Waals surface area contributed by atoms with Gasteiger partial charge in [0.1, 0.15) is 18.0 Å². The maximum absolute atomic E-state index is 10.9. The molecule has 0 bridgehead atoms. The summed E-state index contributed by atoms with van der Waals surface area (Å²) in [6, 6.07) is 13.3. The zero-order valence-corrected chi connectivity index (χ0v) is 18.2. The van der Waals surface area contributed by atoms with Gasteiger partial charge in [0.15, 0.2) is 5.79 Å². The van der Waals surface area contributed by atoms with Crippen LogP contribution < -0.4 is 0 Å². The van der Waals surface area contributed by atoms with E-state index < -0.39 is 24.1 Å². The lowest BCUT2D eigenvalue weighted by molar-refractivity contribution is -0.148. The minimum Gasteiger partial charge on any atom is -0.466 e. The molecule has 170 valence electrons. The molecule has 1 unspecified atom stereocenters. The summed E-state index contributed by atoms with van der Waals surface area (Å²) in [6.07, 6.45) is -1.58. The monoisotopic (exact) mass is 432 g/mol. The van der Waals surface area contributed by atoms with Crippen molar-refractivity contribution in [1.29, 1.82) is 0 Å². The zero-order valence-electron chi connectivity index (χ0n) is 18.2. The van der Waals surface area contributed by atoms with Crippen molar-refractivity contribution in [3.8, 4) is 0 Å². The van der Waals surface area contributed by atoms with Crippen LogP contribution in [-0.4, -0.2) is 53.1 Å². The van der Waals surface area contributed by atoms with Crippen LogP contribution in [0.25, 0.3) is 0 Å². The lowest BCUT2D eigenvalue weighted by Gasteiger charge is -2.25. The van der Waals surface area contributed by atoms with E-state index in [1.807, 2.05) is 51.1 Å². The number of rotatable bonds is 8. The molecule has 2 N–H and O–H groups in total. The minimum absolute atomic E-state index is 0.124. The molecule has 7 atom stereocenters. The predicted octanol–water partition coefficient (Wildman–Crippen LogP) is 3.20. The fourth-order valence-electron chi connectivity index (χ4n) is 4.48. The highest BCUT2D eigenvalue weighted by molar-refractivity contribution is 5.13. The largest absolute Gasteiger partial charge is 0.466 e. The van der Waals surface area contributed by atoms with Gasteiger partial charge in [-0.05, 0) is 31.5 Å². The molecule has 0 saturated carbocycles. The molecule has 2 fully saturated rings. The molecular weight excluding hydrogens is 400 g/mol. The number of aliphatic hydroxyl groups excluding tert-OH is 2. The first-order chi connectivity index (χ1) is 14.8. The second-order valence-electron chi connectivity index (χ2n) is 8.90. The standard InChI is InChI=1S/C24H32O7/c1-15-22(28-13-16-8-5-4-6-9-16)19(12-17-14-29-24(2,3)31-17)30-23(15)21(26)20(25)18-10-7-11-27-18/h4-11,15,17,19-23,25-26H,12-14H2,1-3H3/t15-,17?,19-,20+,21-,22-,23-/m1/s1. The van der Waals surface area contributed by atoms with E-state index in [1.54, 1.807) is 12.1 Å². The van der Waals surface area contributed by atoms with Crippen molar-refractivity contribution in [2.24, 2.45) is 5.92 Å². The lowest BCUT2D eigenvalue weighted by atomic mass is 9.91. The number of hydrogen-bond donors (Lipinski definition) is 2. The molecule has 0 radical (unpaired) electrons. The molecule has 31 heavy (non-hydrogen) atoms. The number of benzene rings is 1. The van der Waals surface area contributed by atoms with Crippen molar-refractivity contribution in [3.05, 3.63) is 60.1 Å². The molecule has 0 amide bonds. The quantitative estimate of drug-likeness (QED) is 0.662. The molecule has 7 nitrogen and oxygen atoms in total. The van der Waals surface area contributed by atoms with E-state index in [1.165, 1.54) is 6.26 Å². The Kier molecular flexibility index (Phi) is 6.81. The van der Waals surface area contributed by atoms with Gasteiger partial charge in [-0.1, -0.05) is 37.3 Å². The number of aliphatic hydroxyl groups is 2. The Morgan fingerprint density at radius 3 is 2.55 bits per heavy atom. The van der Waals surface area contributed by atoms with Crippen molar-refractivity contribution in [3.63, 3.8) is 0 Å². The summed E-state index contributed by atoms with van der Waals surface area (Å²) in [5.41, 5.74) is 1.06. The van der Waals surface area contributed by atoms with Gasteiger partial charge in [-0.2, -0.15) is 0 Å². The van der Waals surface area contributed by atoms with Gasteiger partial charge in [0.2, 0.25) is 0 Å². The zero-order chi connectivity index (χ0) is 22.0. The van der Waals surface area contributed by atoms with E-state index in [4.69, 9.17) is 23.4 Å². The predicted molar refractivity (Wildman–Crippen MR) is 112 cm³/mol. The first-order valence-electron chi connectivity index (χ1n) is 10.9. The van der Waals surface area contributed by atoms with Crippen LogP contribution in [0.4, 0.5) is 0 Å². The topological polar surface area (TPSA) is 90.5 Å². The van der Waals surface area contributed by atoms with E-state index >= 15 is 0 Å². The lowest BCUT2D eigenvalue weighted by Crippen LogP contribution is -2.37. The Hall–Kier alpha value is -1.74. The Labute approximate surface area is 182 Å². The number of furan rings is 1. The summed E-state index contributed by atoms with van der Waals surface area (Å²) >= 11 is 0. The molecule has 3 heterocycles. The van der Waals surface area contributed by atoms with Crippen molar-refractivity contribution < 1.29 is 33.6 Å². The molecule has 4 rings (SSSR count).